The molecule has 0 bridgehead atoms. The zero-order valence-electron chi connectivity index (χ0n) is 15.8. The molecule has 0 radical (unpaired) electrons. The first kappa shape index (κ1) is 19.7. The summed E-state index contributed by atoms with van der Waals surface area (Å²) in [6.07, 6.45) is 3.22. The van der Waals surface area contributed by atoms with E-state index in [1.54, 1.807) is 20.1 Å². The standard InChI is InChI=1S/C17H19N7O3S/c1-5-27-15(25)12-14(21-16(28-4)23-22-12)20-11-8-6-7-10(13(11)26-3)17(2)18-9-19-24-17/h6-9H,5H2,1-4H3,(H,20,21,23). The zero-order valence-corrected chi connectivity index (χ0v) is 16.6. The van der Waals surface area contributed by atoms with Crippen molar-refractivity contribution in [2.75, 3.05) is 25.3 Å². The summed E-state index contributed by atoms with van der Waals surface area (Å²) in [5.41, 5.74) is 0.372. The van der Waals surface area contributed by atoms with Gasteiger partial charge in [-0.3, -0.25) is 0 Å². The minimum atomic E-state index is -0.888. The Bertz CT molecular complexity index is 936. The average Bonchev–Trinajstić information content (AvgIpc) is 3.15. The Labute approximate surface area is 165 Å². The second-order valence-corrected chi connectivity index (χ2v) is 6.48. The lowest BCUT2D eigenvalue weighted by Gasteiger charge is -2.21. The van der Waals surface area contributed by atoms with Crippen molar-refractivity contribution >= 4 is 35.6 Å². The monoisotopic (exact) mass is 401 g/mol. The molecule has 0 fully saturated rings. The SMILES string of the molecule is CCOC(=O)c1nnc(SC)nc1Nc1cccc(C2(C)N=CN=N2)c1OC. The number of nitrogens with zero attached hydrogens (tertiary/aromatic N) is 6. The fraction of sp³-hybridized carbons (Fsp3) is 0.353. The van der Waals surface area contributed by atoms with E-state index >= 15 is 0 Å². The summed E-state index contributed by atoms with van der Waals surface area (Å²) in [5, 5.41) is 19.4. The molecule has 0 amide bonds. The summed E-state index contributed by atoms with van der Waals surface area (Å²) in [5.74, 6) is 0.103. The van der Waals surface area contributed by atoms with E-state index in [0.29, 0.717) is 22.2 Å². The number of hydrogen-bond acceptors (Lipinski definition) is 11. The topological polar surface area (TPSA) is 123 Å². The predicted octanol–water partition coefficient (Wildman–Crippen LogP) is 3.19. The Hall–Kier alpha value is -3.08. The van der Waals surface area contributed by atoms with Crippen LogP contribution in [-0.4, -0.2) is 47.5 Å². The third kappa shape index (κ3) is 3.79. The van der Waals surface area contributed by atoms with Crippen LogP contribution in [0.2, 0.25) is 0 Å². The van der Waals surface area contributed by atoms with Crippen molar-refractivity contribution in [2.45, 2.75) is 24.7 Å². The molecule has 28 heavy (non-hydrogen) atoms. The van der Waals surface area contributed by atoms with Crippen molar-refractivity contribution in [1.29, 1.82) is 0 Å². The molecule has 1 aromatic carbocycles. The van der Waals surface area contributed by atoms with Gasteiger partial charge in [0, 0.05) is 5.56 Å². The fourth-order valence-electron chi connectivity index (χ4n) is 2.60. The number of rotatable bonds is 7. The number of aromatic nitrogens is 3. The molecular weight excluding hydrogens is 382 g/mol. The van der Waals surface area contributed by atoms with Crippen LogP contribution in [0, 0.1) is 0 Å². The van der Waals surface area contributed by atoms with Gasteiger partial charge >= 0.3 is 5.97 Å². The van der Waals surface area contributed by atoms with Crippen LogP contribution in [0.5, 0.6) is 5.75 Å². The van der Waals surface area contributed by atoms with Crippen LogP contribution in [0.15, 0.2) is 38.6 Å². The number of carbonyl (C=O) groups excluding carboxylic acids is 1. The van der Waals surface area contributed by atoms with Crippen molar-refractivity contribution in [3.05, 3.63) is 29.5 Å². The van der Waals surface area contributed by atoms with E-state index in [1.165, 1.54) is 18.1 Å². The normalized spacial score (nSPS) is 17.6. The summed E-state index contributed by atoms with van der Waals surface area (Å²) >= 11 is 1.31. The Morgan fingerprint density at radius 3 is 2.79 bits per heavy atom. The third-order valence-corrected chi connectivity index (χ3v) is 4.45. The molecular formula is C17H19N7O3S. The van der Waals surface area contributed by atoms with Gasteiger partial charge in [0.25, 0.3) is 0 Å². The largest absolute Gasteiger partial charge is 0.494 e. The molecule has 3 rings (SSSR count). The number of nitrogens with one attached hydrogen (secondary N) is 1. The van der Waals surface area contributed by atoms with Crippen molar-refractivity contribution in [3.63, 3.8) is 0 Å². The van der Waals surface area contributed by atoms with Crippen LogP contribution in [0.4, 0.5) is 11.5 Å². The molecule has 11 heteroatoms. The Morgan fingerprint density at radius 2 is 2.14 bits per heavy atom. The van der Waals surface area contributed by atoms with Crippen LogP contribution in [0.3, 0.4) is 0 Å². The number of ether oxygens (including phenoxy) is 2. The molecule has 0 spiro atoms. The molecule has 1 aromatic heterocycles. The molecule has 1 aliphatic rings. The first-order chi connectivity index (χ1) is 13.5. The molecule has 1 aliphatic heterocycles. The van der Waals surface area contributed by atoms with E-state index in [4.69, 9.17) is 9.47 Å². The molecule has 0 saturated heterocycles. The lowest BCUT2D eigenvalue weighted by atomic mass is 10.0. The summed E-state index contributed by atoms with van der Waals surface area (Å²) in [7, 11) is 1.54. The Kier molecular flexibility index (Phi) is 5.83. The van der Waals surface area contributed by atoms with Gasteiger partial charge in [-0.05, 0) is 26.2 Å². The number of esters is 1. The molecule has 0 saturated carbocycles. The van der Waals surface area contributed by atoms with E-state index in [2.05, 4.69) is 35.7 Å². The zero-order chi connectivity index (χ0) is 20.1. The van der Waals surface area contributed by atoms with Gasteiger partial charge in [0.2, 0.25) is 10.9 Å². The van der Waals surface area contributed by atoms with E-state index in [0.717, 1.165) is 0 Å². The van der Waals surface area contributed by atoms with Crippen LogP contribution in [-0.2, 0) is 10.4 Å². The molecule has 0 aliphatic carbocycles. The average molecular weight is 401 g/mol. The lowest BCUT2D eigenvalue weighted by Crippen LogP contribution is -2.16. The van der Waals surface area contributed by atoms with Gasteiger partial charge in [0.1, 0.15) is 12.1 Å². The molecule has 1 N–H and O–H groups in total. The highest BCUT2D eigenvalue weighted by atomic mass is 32.2. The second-order valence-electron chi connectivity index (χ2n) is 5.71. The van der Waals surface area contributed by atoms with E-state index in [9.17, 15) is 4.79 Å². The van der Waals surface area contributed by atoms with Crippen LogP contribution >= 0.6 is 11.8 Å². The third-order valence-electron chi connectivity index (χ3n) is 3.91. The van der Waals surface area contributed by atoms with Gasteiger partial charge in [-0.2, -0.15) is 5.11 Å². The highest BCUT2D eigenvalue weighted by molar-refractivity contribution is 7.98. The van der Waals surface area contributed by atoms with Gasteiger partial charge in [0.15, 0.2) is 11.5 Å². The van der Waals surface area contributed by atoms with Gasteiger partial charge in [-0.15, -0.1) is 15.3 Å². The molecule has 1 unspecified atom stereocenters. The van der Waals surface area contributed by atoms with Crippen LogP contribution in [0.1, 0.15) is 29.9 Å². The van der Waals surface area contributed by atoms with E-state index in [1.807, 2.05) is 25.3 Å². The van der Waals surface area contributed by atoms with Gasteiger partial charge < -0.3 is 14.8 Å². The van der Waals surface area contributed by atoms with Gasteiger partial charge in [-0.25, -0.2) is 14.8 Å². The second kappa shape index (κ2) is 8.30. The van der Waals surface area contributed by atoms with Crippen molar-refractivity contribution in [1.82, 2.24) is 15.2 Å². The molecule has 2 aromatic rings. The fourth-order valence-corrected chi connectivity index (χ4v) is 2.91. The van der Waals surface area contributed by atoms with Gasteiger partial charge in [0.05, 0.1) is 19.4 Å². The number of benzene rings is 1. The lowest BCUT2D eigenvalue weighted by molar-refractivity contribution is 0.0518. The minimum absolute atomic E-state index is 0.0168. The van der Waals surface area contributed by atoms with Crippen LogP contribution < -0.4 is 10.1 Å². The number of azo groups is 1. The van der Waals surface area contributed by atoms with E-state index < -0.39 is 11.6 Å². The maximum Gasteiger partial charge on any atom is 0.362 e. The molecule has 1 atom stereocenters. The van der Waals surface area contributed by atoms with E-state index in [-0.39, 0.29) is 18.1 Å². The van der Waals surface area contributed by atoms with Crippen molar-refractivity contribution in [3.8, 4) is 5.75 Å². The van der Waals surface area contributed by atoms with Crippen molar-refractivity contribution in [2.24, 2.45) is 15.2 Å². The minimum Gasteiger partial charge on any atom is -0.494 e. The van der Waals surface area contributed by atoms with Crippen molar-refractivity contribution < 1.29 is 14.3 Å². The number of aliphatic imine (C=N–C) groups is 1. The maximum atomic E-state index is 12.2. The highest BCUT2D eigenvalue weighted by Gasteiger charge is 2.32. The van der Waals surface area contributed by atoms with Crippen LogP contribution in [0.25, 0.3) is 0 Å². The number of hydrogen-bond donors (Lipinski definition) is 1. The molecule has 10 nitrogen and oxygen atoms in total. The number of para-hydroxylation sites is 1. The molecule has 146 valence electrons. The number of anilines is 2. The first-order valence-corrected chi connectivity index (χ1v) is 9.61. The number of thioether (sulfide) groups is 1. The summed E-state index contributed by atoms with van der Waals surface area (Å²) in [4.78, 5) is 20.9. The summed E-state index contributed by atoms with van der Waals surface area (Å²) < 4.78 is 10.7. The Balaban J connectivity index is 2.05. The number of carbonyl (C=O) groups is 1. The summed E-state index contributed by atoms with van der Waals surface area (Å²) in [6.45, 7) is 3.75. The predicted molar refractivity (Wildman–Crippen MR) is 105 cm³/mol. The Morgan fingerprint density at radius 1 is 1.32 bits per heavy atom. The van der Waals surface area contributed by atoms with Gasteiger partial charge in [-0.1, -0.05) is 23.9 Å². The summed E-state index contributed by atoms with van der Waals surface area (Å²) in [6, 6.07) is 5.46. The highest BCUT2D eigenvalue weighted by Crippen LogP contribution is 2.41. The number of methoxy groups -OCH3 is 1. The quantitative estimate of drug-likeness (QED) is 0.554. The molecule has 2 heterocycles. The smallest absolute Gasteiger partial charge is 0.362 e. The maximum absolute atomic E-state index is 12.2. The first-order valence-electron chi connectivity index (χ1n) is 8.38.